The summed E-state index contributed by atoms with van der Waals surface area (Å²) >= 11 is 0. The van der Waals surface area contributed by atoms with Crippen molar-refractivity contribution in [1.82, 2.24) is 19.9 Å². The van der Waals surface area contributed by atoms with Gasteiger partial charge in [-0.15, -0.1) is 0 Å². The van der Waals surface area contributed by atoms with Crippen molar-refractivity contribution in [3.63, 3.8) is 0 Å². The molecule has 11 nitrogen and oxygen atoms in total. The quantitative estimate of drug-likeness (QED) is 0.215. The molecule has 1 aromatic carbocycles. The molecular weight excluding hydrogens is 514 g/mol. The first-order valence-corrected chi connectivity index (χ1v) is 11.8. The topological polar surface area (TPSA) is 161 Å². The number of methoxy groups -OCH3 is 1. The number of ether oxygens (including phenoxy) is 1. The Balaban J connectivity index is 1.83. The molecule has 2 aromatic heterocycles. The number of nitrogens with one attached hydrogen (secondary N) is 3. The number of para-hydroxylation sites is 1. The number of rotatable bonds is 11. The zero-order valence-electron chi connectivity index (χ0n) is 21.3. The van der Waals surface area contributed by atoms with E-state index in [-0.39, 0.29) is 47.6 Å². The van der Waals surface area contributed by atoms with Crippen LogP contribution in [-0.4, -0.2) is 45.6 Å². The van der Waals surface area contributed by atoms with Gasteiger partial charge in [-0.1, -0.05) is 24.8 Å². The van der Waals surface area contributed by atoms with Crippen LogP contribution in [0.1, 0.15) is 31.2 Å². The van der Waals surface area contributed by atoms with Gasteiger partial charge >= 0.3 is 6.09 Å². The zero-order chi connectivity index (χ0) is 28.7. The number of benzene rings is 1. The Bertz CT molecular complexity index is 1490. The van der Waals surface area contributed by atoms with Crippen molar-refractivity contribution in [2.75, 3.05) is 12.4 Å². The number of carbonyl (C=O) groups excluding carboxylic acids is 3. The summed E-state index contributed by atoms with van der Waals surface area (Å²) in [6, 6.07) is 6.14. The highest BCUT2D eigenvalue weighted by Gasteiger charge is 2.35. The van der Waals surface area contributed by atoms with Crippen molar-refractivity contribution in [1.29, 1.82) is 0 Å². The van der Waals surface area contributed by atoms with Gasteiger partial charge in [-0.05, 0) is 49.6 Å². The number of hydrogen-bond donors (Lipinski definition) is 4. The molecule has 0 bridgehead atoms. The van der Waals surface area contributed by atoms with E-state index < -0.39 is 35.4 Å². The molecule has 0 radical (unpaired) electrons. The highest BCUT2D eigenvalue weighted by atomic mass is 19.3. The van der Waals surface area contributed by atoms with Crippen LogP contribution in [-0.2, 0) is 26.8 Å². The van der Waals surface area contributed by atoms with Gasteiger partial charge in [0.25, 0.3) is 11.5 Å². The van der Waals surface area contributed by atoms with Crippen LogP contribution < -0.4 is 21.9 Å². The van der Waals surface area contributed by atoms with E-state index in [1.54, 1.807) is 6.07 Å². The number of aromatic nitrogens is 3. The fourth-order valence-corrected chi connectivity index (χ4v) is 3.71. The van der Waals surface area contributed by atoms with E-state index in [1.807, 2.05) is 0 Å². The molecule has 0 aliphatic rings. The van der Waals surface area contributed by atoms with Crippen molar-refractivity contribution in [2.45, 2.75) is 38.3 Å². The molecule has 0 saturated carbocycles. The van der Waals surface area contributed by atoms with Crippen molar-refractivity contribution >= 4 is 34.6 Å². The molecule has 0 aliphatic carbocycles. The zero-order valence-corrected chi connectivity index (χ0v) is 21.3. The lowest BCUT2D eigenvalue weighted by molar-refractivity contribution is -0.118. The number of pyridine rings is 1. The Hall–Kier alpha value is -4.81. The second-order valence-electron chi connectivity index (χ2n) is 8.65. The Kier molecular flexibility index (Phi) is 8.96. The third-order valence-corrected chi connectivity index (χ3v) is 5.73. The summed E-state index contributed by atoms with van der Waals surface area (Å²) in [6.45, 7) is 4.50. The van der Waals surface area contributed by atoms with Crippen LogP contribution in [0.3, 0.4) is 0 Å². The van der Waals surface area contributed by atoms with Crippen molar-refractivity contribution in [2.24, 2.45) is 5.73 Å². The van der Waals surface area contributed by atoms with Gasteiger partial charge in [-0.25, -0.2) is 9.78 Å². The molecule has 3 rings (SSSR count). The maximum atomic E-state index is 14.7. The average molecular weight is 543 g/mol. The summed E-state index contributed by atoms with van der Waals surface area (Å²) in [4.78, 5) is 55.8. The minimum Gasteiger partial charge on any atom is -0.453 e. The molecule has 3 amide bonds. The third kappa shape index (κ3) is 6.94. The second-order valence-corrected chi connectivity index (χ2v) is 8.65. The number of halogens is 2. The number of hydrogen-bond acceptors (Lipinski definition) is 6. The standard InChI is InChI=1S/C26H28F2N6O5/c1-15(2)26(27,28)16-8-6-10-17-22(16)33-21(30-17)14-34-13-7-11-19(24(34)37)31-23(36)18(32-25(38)39-3)9-4-5-12-20(29)35/h5-8,10-13,18H,1,4,9,14H2,2-3H3,(H2,29,35)(H,30,33)(H,31,36)(H,32,38). The molecule has 39 heavy (non-hydrogen) atoms. The van der Waals surface area contributed by atoms with Crippen LogP contribution in [0, 0.1) is 0 Å². The number of anilines is 1. The lowest BCUT2D eigenvalue weighted by atomic mass is 10.0. The van der Waals surface area contributed by atoms with Crippen LogP contribution >= 0.6 is 0 Å². The highest BCUT2D eigenvalue weighted by Crippen LogP contribution is 2.37. The van der Waals surface area contributed by atoms with E-state index in [4.69, 9.17) is 5.73 Å². The smallest absolute Gasteiger partial charge is 0.407 e. The van der Waals surface area contributed by atoms with Gasteiger partial charge < -0.3 is 30.7 Å². The van der Waals surface area contributed by atoms with E-state index in [0.717, 1.165) is 13.2 Å². The van der Waals surface area contributed by atoms with Crippen LogP contribution in [0.15, 0.2) is 65.6 Å². The molecule has 0 saturated heterocycles. The number of amides is 3. The van der Waals surface area contributed by atoms with E-state index in [0.29, 0.717) is 5.52 Å². The van der Waals surface area contributed by atoms with Gasteiger partial charge in [-0.2, -0.15) is 8.78 Å². The van der Waals surface area contributed by atoms with Gasteiger partial charge in [0.15, 0.2) is 0 Å². The summed E-state index contributed by atoms with van der Waals surface area (Å²) in [5.41, 5.74) is 4.15. The van der Waals surface area contributed by atoms with Gasteiger partial charge in [-0.3, -0.25) is 14.4 Å². The average Bonchev–Trinajstić information content (AvgIpc) is 3.30. The summed E-state index contributed by atoms with van der Waals surface area (Å²) in [5, 5.41) is 4.86. The molecule has 0 aliphatic heterocycles. The number of nitrogens with zero attached hydrogens (tertiary/aromatic N) is 2. The van der Waals surface area contributed by atoms with E-state index in [2.05, 4.69) is 31.9 Å². The number of allylic oxidation sites excluding steroid dienone is 2. The number of alkyl carbamates (subject to hydrolysis) is 1. The molecule has 13 heteroatoms. The van der Waals surface area contributed by atoms with Gasteiger partial charge in [0.05, 0.1) is 30.3 Å². The molecule has 1 unspecified atom stereocenters. The molecule has 2 heterocycles. The van der Waals surface area contributed by atoms with Crippen LogP contribution in [0.4, 0.5) is 19.3 Å². The molecule has 206 valence electrons. The van der Waals surface area contributed by atoms with Crippen LogP contribution in [0.25, 0.3) is 11.0 Å². The van der Waals surface area contributed by atoms with E-state index >= 15 is 0 Å². The fourth-order valence-electron chi connectivity index (χ4n) is 3.71. The number of imidazole rings is 1. The summed E-state index contributed by atoms with van der Waals surface area (Å²) in [6.07, 6.45) is 3.48. The Morgan fingerprint density at radius 1 is 1.28 bits per heavy atom. The highest BCUT2D eigenvalue weighted by molar-refractivity contribution is 5.96. The number of alkyl halides is 2. The van der Waals surface area contributed by atoms with Gasteiger partial charge in [0, 0.05) is 6.20 Å². The van der Waals surface area contributed by atoms with Crippen molar-refractivity contribution < 1.29 is 27.9 Å². The summed E-state index contributed by atoms with van der Waals surface area (Å²) in [5.74, 6) is -4.41. The van der Waals surface area contributed by atoms with Gasteiger partial charge in [0.2, 0.25) is 11.8 Å². The number of fused-ring (bicyclic) bond motifs is 1. The maximum Gasteiger partial charge on any atom is 0.407 e. The summed E-state index contributed by atoms with van der Waals surface area (Å²) < 4.78 is 35.1. The van der Waals surface area contributed by atoms with E-state index in [1.165, 1.54) is 48.0 Å². The third-order valence-electron chi connectivity index (χ3n) is 5.73. The molecule has 0 spiro atoms. The van der Waals surface area contributed by atoms with Gasteiger partial charge in [0.1, 0.15) is 17.6 Å². The molecule has 0 fully saturated rings. The molecule has 5 N–H and O–H groups in total. The fraction of sp³-hybridized carbons (Fsp3) is 0.269. The number of aromatic amines is 1. The molecule has 1 atom stereocenters. The predicted molar refractivity (Wildman–Crippen MR) is 140 cm³/mol. The largest absolute Gasteiger partial charge is 0.453 e. The van der Waals surface area contributed by atoms with Crippen LogP contribution in [0.5, 0.6) is 0 Å². The Labute approximate surface area is 221 Å². The van der Waals surface area contributed by atoms with Crippen molar-refractivity contribution in [3.8, 4) is 0 Å². The Morgan fingerprint density at radius 2 is 2.03 bits per heavy atom. The first-order chi connectivity index (χ1) is 18.4. The predicted octanol–water partition coefficient (Wildman–Crippen LogP) is 2.93. The molecule has 3 aromatic rings. The Morgan fingerprint density at radius 3 is 2.69 bits per heavy atom. The minimum atomic E-state index is -3.29. The SMILES string of the molecule is C=C(C)C(F)(F)c1cccc2[nH]c(Cn3cccc(NC(=O)C(CCC=CC(N)=O)NC(=O)OC)c3=O)nc12. The minimum absolute atomic E-state index is 0.0557. The number of primary amides is 1. The number of H-pyrrole nitrogens is 1. The number of nitrogens with two attached hydrogens (primary N) is 1. The van der Waals surface area contributed by atoms with Crippen LogP contribution in [0.2, 0.25) is 0 Å². The number of carbonyl (C=O) groups is 3. The van der Waals surface area contributed by atoms with E-state index in [9.17, 15) is 28.0 Å². The first-order valence-electron chi connectivity index (χ1n) is 11.8. The normalized spacial score (nSPS) is 12.3. The maximum absolute atomic E-state index is 14.7. The van der Waals surface area contributed by atoms with Crippen molar-refractivity contribution in [3.05, 3.63) is 82.6 Å². The molecular formula is C26H28F2N6O5. The second kappa shape index (κ2) is 12.2. The summed E-state index contributed by atoms with van der Waals surface area (Å²) in [7, 11) is 1.13. The lowest BCUT2D eigenvalue weighted by Gasteiger charge is -2.17. The lowest BCUT2D eigenvalue weighted by Crippen LogP contribution is -2.44. The monoisotopic (exact) mass is 542 g/mol. The first kappa shape index (κ1) is 28.8.